The first-order valence-corrected chi connectivity index (χ1v) is 4.02. The van der Waals surface area contributed by atoms with Gasteiger partial charge in [0.15, 0.2) is 0 Å². The van der Waals surface area contributed by atoms with Crippen LogP contribution in [0.3, 0.4) is 0 Å². The molecule has 0 aromatic carbocycles. The molecule has 0 radical (unpaired) electrons. The summed E-state index contributed by atoms with van der Waals surface area (Å²) in [4.78, 5) is 10.6. The molecule has 0 spiro atoms. The number of rotatable bonds is 2. The van der Waals surface area contributed by atoms with Gasteiger partial charge < -0.3 is 4.74 Å². The van der Waals surface area contributed by atoms with Crippen LogP contribution in [0, 0.1) is 0 Å². The van der Waals surface area contributed by atoms with Gasteiger partial charge >= 0.3 is 5.97 Å². The lowest BCUT2D eigenvalue weighted by Crippen LogP contribution is -2.02. The summed E-state index contributed by atoms with van der Waals surface area (Å²) in [5.41, 5.74) is 0. The van der Waals surface area contributed by atoms with E-state index in [2.05, 4.69) is 4.74 Å². The van der Waals surface area contributed by atoms with Crippen LogP contribution in [0.25, 0.3) is 0 Å². The largest absolute Gasteiger partial charge is 0.463 e. The highest BCUT2D eigenvalue weighted by Gasteiger charge is 2.14. The minimum atomic E-state index is -1.53. The first-order valence-electron chi connectivity index (χ1n) is 2.88. The number of alkyl halides is 3. The average Bonchev–Trinajstić information content (AvgIpc) is 1.83. The predicted molar refractivity (Wildman–Crippen MR) is 46.1 cm³/mol. The smallest absolute Gasteiger partial charge is 0.330 e. The fourth-order valence-corrected chi connectivity index (χ4v) is 0.542. The van der Waals surface area contributed by atoms with Crippen molar-refractivity contribution in [3.8, 4) is 0 Å². The quantitative estimate of drug-likeness (QED) is 0.403. The number of hydrogen-bond acceptors (Lipinski definition) is 2. The summed E-state index contributed by atoms with van der Waals surface area (Å²) in [5, 5.41) is 0. The Morgan fingerprint density at radius 2 is 2.09 bits per heavy atom. The second-order valence-corrected chi connectivity index (χ2v) is 4.00. The Morgan fingerprint density at radius 3 is 2.45 bits per heavy atom. The molecule has 0 heterocycles. The zero-order valence-corrected chi connectivity index (χ0v) is 8.08. The zero-order chi connectivity index (χ0) is 8.91. The summed E-state index contributed by atoms with van der Waals surface area (Å²) in [7, 11) is 0. The van der Waals surface area contributed by atoms with E-state index in [9.17, 15) is 4.79 Å². The highest BCUT2D eigenvalue weighted by Crippen LogP contribution is 2.27. The van der Waals surface area contributed by atoms with E-state index in [0.29, 0.717) is 6.61 Å². The Labute approximate surface area is 80.1 Å². The summed E-state index contributed by atoms with van der Waals surface area (Å²) in [6, 6.07) is 0. The highest BCUT2D eigenvalue weighted by molar-refractivity contribution is 6.69. The van der Waals surface area contributed by atoms with Gasteiger partial charge in [-0.15, -0.1) is 0 Å². The van der Waals surface area contributed by atoms with Gasteiger partial charge in [0.2, 0.25) is 3.79 Å². The molecule has 2 nitrogen and oxygen atoms in total. The van der Waals surface area contributed by atoms with Crippen molar-refractivity contribution in [1.82, 2.24) is 0 Å². The van der Waals surface area contributed by atoms with E-state index in [0.717, 1.165) is 12.2 Å². The van der Waals surface area contributed by atoms with Crippen molar-refractivity contribution in [1.29, 1.82) is 0 Å². The molecule has 0 N–H and O–H groups in total. The van der Waals surface area contributed by atoms with E-state index in [4.69, 9.17) is 34.8 Å². The minimum absolute atomic E-state index is 0.309. The van der Waals surface area contributed by atoms with E-state index in [1.54, 1.807) is 6.92 Å². The maximum atomic E-state index is 10.6. The lowest BCUT2D eigenvalue weighted by molar-refractivity contribution is -0.137. The second-order valence-electron chi connectivity index (χ2n) is 1.63. The molecule has 0 atom stereocenters. The van der Waals surface area contributed by atoms with Gasteiger partial charge in [0.05, 0.1) is 6.61 Å². The molecule has 0 saturated carbocycles. The van der Waals surface area contributed by atoms with Crippen molar-refractivity contribution in [2.24, 2.45) is 0 Å². The number of esters is 1. The molecular weight excluding hydrogens is 210 g/mol. The summed E-state index contributed by atoms with van der Waals surface area (Å²) in [6.07, 6.45) is 2.21. The molecule has 0 aliphatic rings. The molecule has 0 fully saturated rings. The molecule has 0 aliphatic carbocycles. The van der Waals surface area contributed by atoms with Crippen LogP contribution in [-0.2, 0) is 9.53 Å². The van der Waals surface area contributed by atoms with Crippen LogP contribution >= 0.6 is 34.8 Å². The van der Waals surface area contributed by atoms with E-state index >= 15 is 0 Å². The van der Waals surface area contributed by atoms with Gasteiger partial charge in [-0.05, 0) is 13.0 Å². The summed E-state index contributed by atoms with van der Waals surface area (Å²) in [6.45, 7) is 2.00. The second kappa shape index (κ2) is 4.86. The number of halogens is 3. The summed E-state index contributed by atoms with van der Waals surface area (Å²) >= 11 is 15.9. The van der Waals surface area contributed by atoms with Crippen LogP contribution in [0.4, 0.5) is 0 Å². The minimum Gasteiger partial charge on any atom is -0.463 e. The molecule has 5 heteroatoms. The molecule has 0 bridgehead atoms. The first kappa shape index (κ1) is 11.1. The van der Waals surface area contributed by atoms with Crippen LogP contribution in [0.2, 0.25) is 0 Å². The van der Waals surface area contributed by atoms with E-state index in [1.807, 2.05) is 0 Å². The van der Waals surface area contributed by atoms with E-state index in [1.165, 1.54) is 0 Å². The van der Waals surface area contributed by atoms with Crippen LogP contribution in [0.15, 0.2) is 12.2 Å². The SMILES string of the molecule is CCOC(=O)/C=C\C(Cl)(Cl)Cl. The van der Waals surface area contributed by atoms with Crippen LogP contribution in [0.1, 0.15) is 6.92 Å². The van der Waals surface area contributed by atoms with Gasteiger partial charge in [-0.25, -0.2) is 4.79 Å². The number of carbonyl (C=O) groups is 1. The fraction of sp³-hybridized carbons (Fsp3) is 0.500. The molecular formula is C6H7Cl3O2. The predicted octanol–water partition coefficient (Wildman–Crippen LogP) is 2.48. The van der Waals surface area contributed by atoms with E-state index < -0.39 is 9.76 Å². The highest BCUT2D eigenvalue weighted by atomic mass is 35.6. The first-order chi connectivity index (χ1) is 4.95. The molecule has 0 aromatic heterocycles. The van der Waals surface area contributed by atoms with Gasteiger partial charge in [0.25, 0.3) is 0 Å². The third kappa shape index (κ3) is 7.98. The van der Waals surface area contributed by atoms with Crippen molar-refractivity contribution in [2.45, 2.75) is 10.7 Å². The molecule has 0 aliphatic heterocycles. The van der Waals surface area contributed by atoms with Crippen LogP contribution in [-0.4, -0.2) is 16.4 Å². The Hall–Kier alpha value is 0.0800. The maximum absolute atomic E-state index is 10.6. The Morgan fingerprint density at radius 1 is 1.55 bits per heavy atom. The third-order valence-corrected chi connectivity index (χ3v) is 1.07. The lowest BCUT2D eigenvalue weighted by Gasteiger charge is -2.01. The summed E-state index contributed by atoms with van der Waals surface area (Å²) in [5.74, 6) is -0.515. The zero-order valence-electron chi connectivity index (χ0n) is 5.81. The third-order valence-electron chi connectivity index (χ3n) is 0.695. The maximum Gasteiger partial charge on any atom is 0.330 e. The molecule has 11 heavy (non-hydrogen) atoms. The Bertz CT molecular complexity index is 160. The number of carbonyl (C=O) groups excluding carboxylic acids is 1. The molecule has 0 rings (SSSR count). The average molecular weight is 217 g/mol. The van der Waals surface area contributed by atoms with Gasteiger partial charge in [-0.2, -0.15) is 0 Å². The Kier molecular flexibility index (Phi) is 4.89. The normalized spacial score (nSPS) is 12.0. The molecule has 0 aromatic rings. The van der Waals surface area contributed by atoms with Crippen molar-refractivity contribution < 1.29 is 9.53 Å². The number of hydrogen-bond donors (Lipinski definition) is 0. The number of allylic oxidation sites excluding steroid dienone is 1. The molecule has 0 unspecified atom stereocenters. The Balaban J connectivity index is 3.83. The van der Waals surface area contributed by atoms with Crippen LogP contribution in [0.5, 0.6) is 0 Å². The van der Waals surface area contributed by atoms with Crippen molar-refractivity contribution in [3.05, 3.63) is 12.2 Å². The van der Waals surface area contributed by atoms with Crippen molar-refractivity contribution in [2.75, 3.05) is 6.61 Å². The standard InChI is InChI=1S/C6H7Cl3O2/c1-2-11-5(10)3-4-6(7,8)9/h3-4H,2H2,1H3/b4-3-. The van der Waals surface area contributed by atoms with Gasteiger partial charge in [0.1, 0.15) is 0 Å². The van der Waals surface area contributed by atoms with Gasteiger partial charge in [-0.1, -0.05) is 34.8 Å². The molecule has 0 saturated heterocycles. The van der Waals surface area contributed by atoms with Crippen molar-refractivity contribution >= 4 is 40.8 Å². The summed E-state index contributed by atoms with van der Waals surface area (Å²) < 4.78 is 3.00. The van der Waals surface area contributed by atoms with E-state index in [-0.39, 0.29) is 0 Å². The lowest BCUT2D eigenvalue weighted by atomic mass is 10.5. The van der Waals surface area contributed by atoms with Gasteiger partial charge in [0, 0.05) is 6.08 Å². The number of ether oxygens (including phenoxy) is 1. The molecule has 64 valence electrons. The monoisotopic (exact) mass is 216 g/mol. The van der Waals surface area contributed by atoms with Crippen molar-refractivity contribution in [3.63, 3.8) is 0 Å². The fourth-order valence-electron chi connectivity index (χ4n) is 0.353. The van der Waals surface area contributed by atoms with Crippen LogP contribution < -0.4 is 0 Å². The molecule has 0 amide bonds. The topological polar surface area (TPSA) is 26.3 Å². The van der Waals surface area contributed by atoms with Gasteiger partial charge in [-0.3, -0.25) is 0 Å².